The molecular weight excluding hydrogens is 244 g/mol. The van der Waals surface area contributed by atoms with Crippen molar-refractivity contribution < 1.29 is 0 Å². The Kier molecular flexibility index (Phi) is 5.90. The van der Waals surface area contributed by atoms with Gasteiger partial charge in [-0.25, -0.2) is 10.8 Å². The molecule has 0 aromatic carbocycles. The van der Waals surface area contributed by atoms with Crippen molar-refractivity contribution in [2.75, 3.05) is 31.8 Å². The molecule has 0 aliphatic carbocycles. The SMILES string of the molecule is CN(C)CCSCc1nc(NN)ccc1Cl. The molecule has 90 valence electrons. The molecule has 0 aliphatic heterocycles. The van der Waals surface area contributed by atoms with E-state index in [0.29, 0.717) is 10.8 Å². The highest BCUT2D eigenvalue weighted by atomic mass is 35.5. The summed E-state index contributed by atoms with van der Waals surface area (Å²) in [6, 6.07) is 3.57. The van der Waals surface area contributed by atoms with Crippen LogP contribution in [0.15, 0.2) is 12.1 Å². The van der Waals surface area contributed by atoms with Crippen molar-refractivity contribution in [1.29, 1.82) is 0 Å². The van der Waals surface area contributed by atoms with Gasteiger partial charge in [-0.3, -0.25) is 0 Å². The summed E-state index contributed by atoms with van der Waals surface area (Å²) < 4.78 is 0. The minimum absolute atomic E-state index is 0.646. The van der Waals surface area contributed by atoms with E-state index in [2.05, 4.69) is 29.4 Å². The summed E-state index contributed by atoms with van der Waals surface area (Å²) in [5.74, 6) is 7.81. The molecule has 16 heavy (non-hydrogen) atoms. The Balaban J connectivity index is 2.46. The van der Waals surface area contributed by atoms with E-state index in [1.807, 2.05) is 17.8 Å². The average molecular weight is 261 g/mol. The number of nitrogens with one attached hydrogen (secondary N) is 1. The zero-order chi connectivity index (χ0) is 12.0. The number of pyridine rings is 1. The fourth-order valence-electron chi connectivity index (χ4n) is 1.08. The first kappa shape index (κ1) is 13.6. The predicted molar refractivity (Wildman–Crippen MR) is 71.8 cm³/mol. The summed E-state index contributed by atoms with van der Waals surface area (Å²) in [7, 11) is 4.12. The first-order valence-electron chi connectivity index (χ1n) is 4.98. The minimum Gasteiger partial charge on any atom is -0.309 e. The van der Waals surface area contributed by atoms with E-state index < -0.39 is 0 Å². The van der Waals surface area contributed by atoms with Crippen LogP contribution in [0.4, 0.5) is 5.82 Å². The van der Waals surface area contributed by atoms with Gasteiger partial charge in [0.15, 0.2) is 0 Å². The van der Waals surface area contributed by atoms with E-state index in [4.69, 9.17) is 17.4 Å². The number of halogens is 1. The Labute approximate surface area is 106 Å². The smallest absolute Gasteiger partial charge is 0.140 e. The van der Waals surface area contributed by atoms with Gasteiger partial charge in [-0.2, -0.15) is 11.8 Å². The summed E-state index contributed by atoms with van der Waals surface area (Å²) in [5.41, 5.74) is 3.39. The Hall–Kier alpha value is -0.490. The molecule has 0 saturated heterocycles. The first-order valence-corrected chi connectivity index (χ1v) is 6.51. The number of aromatic nitrogens is 1. The maximum atomic E-state index is 6.04. The number of nitrogens with two attached hydrogens (primary N) is 1. The molecule has 0 spiro atoms. The molecule has 0 amide bonds. The third-order valence-corrected chi connectivity index (χ3v) is 3.28. The van der Waals surface area contributed by atoms with Gasteiger partial charge < -0.3 is 10.3 Å². The fraction of sp³-hybridized carbons (Fsp3) is 0.500. The average Bonchev–Trinajstić information content (AvgIpc) is 2.26. The van der Waals surface area contributed by atoms with Crippen LogP contribution in [0.25, 0.3) is 0 Å². The number of anilines is 1. The number of nitrogen functional groups attached to an aromatic ring is 1. The van der Waals surface area contributed by atoms with Crippen molar-refractivity contribution in [3.8, 4) is 0 Å². The zero-order valence-electron chi connectivity index (χ0n) is 9.53. The number of hydrogen-bond acceptors (Lipinski definition) is 5. The summed E-state index contributed by atoms with van der Waals surface area (Å²) in [4.78, 5) is 6.46. The molecule has 0 bridgehead atoms. The van der Waals surface area contributed by atoms with E-state index in [1.54, 1.807) is 6.07 Å². The van der Waals surface area contributed by atoms with Crippen molar-refractivity contribution in [3.63, 3.8) is 0 Å². The lowest BCUT2D eigenvalue weighted by atomic mass is 10.4. The lowest BCUT2D eigenvalue weighted by Gasteiger charge is -2.09. The van der Waals surface area contributed by atoms with Crippen LogP contribution in [0.1, 0.15) is 5.69 Å². The Morgan fingerprint density at radius 1 is 1.50 bits per heavy atom. The standard InChI is InChI=1S/C10H17ClN4S/c1-15(2)5-6-16-7-9-8(11)3-4-10(13-9)14-12/h3-4H,5-7,12H2,1-2H3,(H,13,14). The van der Waals surface area contributed by atoms with Crippen molar-refractivity contribution in [2.45, 2.75) is 5.75 Å². The molecule has 0 radical (unpaired) electrons. The number of rotatable bonds is 6. The van der Waals surface area contributed by atoms with Crippen LogP contribution in [0.3, 0.4) is 0 Å². The second kappa shape index (κ2) is 6.96. The van der Waals surface area contributed by atoms with Gasteiger partial charge in [-0.05, 0) is 26.2 Å². The second-order valence-electron chi connectivity index (χ2n) is 3.63. The first-order chi connectivity index (χ1) is 7.63. The van der Waals surface area contributed by atoms with Gasteiger partial charge in [-0.1, -0.05) is 11.6 Å². The molecule has 1 aromatic heterocycles. The fourth-order valence-corrected chi connectivity index (χ4v) is 2.39. The van der Waals surface area contributed by atoms with Gasteiger partial charge in [0.25, 0.3) is 0 Å². The molecule has 4 nitrogen and oxygen atoms in total. The molecule has 6 heteroatoms. The number of hydrogen-bond donors (Lipinski definition) is 2. The van der Waals surface area contributed by atoms with Gasteiger partial charge in [0.2, 0.25) is 0 Å². The van der Waals surface area contributed by atoms with Gasteiger partial charge >= 0.3 is 0 Å². The van der Waals surface area contributed by atoms with Gasteiger partial charge in [0.05, 0.1) is 10.7 Å². The second-order valence-corrected chi connectivity index (χ2v) is 5.14. The maximum Gasteiger partial charge on any atom is 0.140 e. The molecule has 1 aromatic rings. The Bertz CT molecular complexity index is 333. The molecule has 1 rings (SSSR count). The monoisotopic (exact) mass is 260 g/mol. The van der Waals surface area contributed by atoms with E-state index in [9.17, 15) is 0 Å². The van der Waals surface area contributed by atoms with Crippen LogP contribution in [-0.2, 0) is 5.75 Å². The van der Waals surface area contributed by atoms with Crippen LogP contribution >= 0.6 is 23.4 Å². The van der Waals surface area contributed by atoms with Crippen molar-refractivity contribution in [3.05, 3.63) is 22.8 Å². The van der Waals surface area contributed by atoms with Crippen molar-refractivity contribution in [2.24, 2.45) is 5.84 Å². The van der Waals surface area contributed by atoms with Crippen LogP contribution in [0, 0.1) is 0 Å². The third-order valence-electron chi connectivity index (χ3n) is 1.99. The number of hydrazine groups is 1. The van der Waals surface area contributed by atoms with Gasteiger partial charge in [-0.15, -0.1) is 0 Å². The van der Waals surface area contributed by atoms with E-state index in [-0.39, 0.29) is 0 Å². The normalized spacial score (nSPS) is 10.8. The highest BCUT2D eigenvalue weighted by molar-refractivity contribution is 7.98. The van der Waals surface area contributed by atoms with Crippen LogP contribution < -0.4 is 11.3 Å². The molecule has 0 atom stereocenters. The number of thioether (sulfide) groups is 1. The number of nitrogens with zero attached hydrogens (tertiary/aromatic N) is 2. The topological polar surface area (TPSA) is 54.2 Å². The highest BCUT2D eigenvalue weighted by Gasteiger charge is 2.03. The minimum atomic E-state index is 0.646. The van der Waals surface area contributed by atoms with Crippen molar-refractivity contribution in [1.82, 2.24) is 9.88 Å². The van der Waals surface area contributed by atoms with Gasteiger partial charge in [0, 0.05) is 18.1 Å². The largest absolute Gasteiger partial charge is 0.309 e. The molecule has 0 unspecified atom stereocenters. The lowest BCUT2D eigenvalue weighted by Crippen LogP contribution is -2.15. The van der Waals surface area contributed by atoms with Gasteiger partial charge in [0.1, 0.15) is 5.82 Å². The van der Waals surface area contributed by atoms with E-state index in [0.717, 1.165) is 23.7 Å². The Morgan fingerprint density at radius 2 is 2.25 bits per heavy atom. The zero-order valence-corrected chi connectivity index (χ0v) is 11.1. The molecule has 1 heterocycles. The predicted octanol–water partition coefficient (Wildman–Crippen LogP) is 1.82. The lowest BCUT2D eigenvalue weighted by molar-refractivity contribution is 0.437. The van der Waals surface area contributed by atoms with E-state index in [1.165, 1.54) is 0 Å². The maximum absolute atomic E-state index is 6.04. The van der Waals surface area contributed by atoms with E-state index >= 15 is 0 Å². The molecule has 0 aliphatic rings. The third kappa shape index (κ3) is 4.57. The summed E-state index contributed by atoms with van der Waals surface area (Å²) >= 11 is 7.85. The molecule has 3 N–H and O–H groups in total. The Morgan fingerprint density at radius 3 is 2.88 bits per heavy atom. The molecule has 0 saturated carbocycles. The van der Waals surface area contributed by atoms with Crippen LogP contribution in [0.5, 0.6) is 0 Å². The molecule has 0 fully saturated rings. The molecular formula is C10H17ClN4S. The summed E-state index contributed by atoms with van der Waals surface area (Å²) in [6.45, 7) is 1.05. The van der Waals surface area contributed by atoms with Crippen LogP contribution in [0.2, 0.25) is 5.02 Å². The van der Waals surface area contributed by atoms with Crippen LogP contribution in [-0.4, -0.2) is 36.3 Å². The highest BCUT2D eigenvalue weighted by Crippen LogP contribution is 2.21. The summed E-state index contributed by atoms with van der Waals surface area (Å²) in [5, 5.41) is 0.691. The van der Waals surface area contributed by atoms with Crippen molar-refractivity contribution >= 4 is 29.2 Å². The summed E-state index contributed by atoms with van der Waals surface area (Å²) in [6.07, 6.45) is 0. The quantitative estimate of drug-likeness (QED) is 0.464.